The number of para-hydroxylation sites is 1. The summed E-state index contributed by atoms with van der Waals surface area (Å²) in [5, 5.41) is 3.17. The van der Waals surface area contributed by atoms with Gasteiger partial charge in [0.2, 0.25) is 0 Å². The van der Waals surface area contributed by atoms with Gasteiger partial charge in [-0.25, -0.2) is 4.99 Å². The predicted molar refractivity (Wildman–Crippen MR) is 113 cm³/mol. The molecule has 2 aromatic carbocycles. The molecule has 0 bridgehead atoms. The summed E-state index contributed by atoms with van der Waals surface area (Å²) in [6.07, 6.45) is 0.919. The highest BCUT2D eigenvalue weighted by Crippen LogP contribution is 2.18. The number of nitrogens with one attached hydrogen (secondary N) is 1. The summed E-state index contributed by atoms with van der Waals surface area (Å²) in [6, 6.07) is 18.4. The number of nitrogens with zero attached hydrogens (tertiary/aromatic N) is 2. The van der Waals surface area contributed by atoms with Crippen LogP contribution in [0.15, 0.2) is 59.6 Å². The van der Waals surface area contributed by atoms with Crippen LogP contribution in [-0.2, 0) is 13.0 Å². The Morgan fingerprint density at radius 1 is 1.04 bits per heavy atom. The quantitative estimate of drug-likeness (QED) is 0.473. The monoisotopic (exact) mass is 368 g/mol. The minimum Gasteiger partial charge on any atom is -0.492 e. The van der Waals surface area contributed by atoms with Crippen LogP contribution in [0.2, 0.25) is 0 Å². The van der Waals surface area contributed by atoms with Gasteiger partial charge in [-0.05, 0) is 31.1 Å². The van der Waals surface area contributed by atoms with Crippen LogP contribution in [0.4, 0.5) is 0 Å². The highest BCUT2D eigenvalue weighted by Gasteiger charge is 2.04. The van der Waals surface area contributed by atoms with Crippen LogP contribution in [0.5, 0.6) is 5.75 Å². The molecule has 0 spiro atoms. The molecule has 0 aliphatic carbocycles. The van der Waals surface area contributed by atoms with Gasteiger partial charge in [-0.1, -0.05) is 62.4 Å². The Bertz CT molecular complexity index is 684. The zero-order chi connectivity index (χ0) is 19.3. The van der Waals surface area contributed by atoms with Crippen LogP contribution in [0.3, 0.4) is 0 Å². The average molecular weight is 369 g/mol. The molecule has 0 heterocycles. The maximum absolute atomic E-state index is 6.00. The molecule has 146 valence electrons. The van der Waals surface area contributed by atoms with Gasteiger partial charge in [-0.15, -0.1) is 0 Å². The van der Waals surface area contributed by atoms with E-state index in [-0.39, 0.29) is 0 Å². The van der Waals surface area contributed by atoms with Crippen molar-refractivity contribution in [3.8, 4) is 5.75 Å². The van der Waals surface area contributed by atoms with Crippen LogP contribution in [-0.4, -0.2) is 43.6 Å². The molecule has 2 rings (SSSR count). The van der Waals surface area contributed by atoms with E-state index in [4.69, 9.17) is 10.5 Å². The first-order valence-electron chi connectivity index (χ1n) is 9.73. The number of hydrogen-bond acceptors (Lipinski definition) is 3. The van der Waals surface area contributed by atoms with Crippen molar-refractivity contribution in [3.63, 3.8) is 0 Å². The van der Waals surface area contributed by atoms with Crippen molar-refractivity contribution in [1.29, 1.82) is 0 Å². The van der Waals surface area contributed by atoms with Crippen LogP contribution in [0, 0.1) is 0 Å². The number of likely N-dealkylation sites (N-methyl/N-ethyl adjacent to an activating group) is 1. The third-order valence-corrected chi connectivity index (χ3v) is 4.51. The SMILES string of the molecule is CCN(CC)CCOc1ccccc1CN=C(N)NCCc1ccccc1. The van der Waals surface area contributed by atoms with Crippen molar-refractivity contribution >= 4 is 5.96 Å². The summed E-state index contributed by atoms with van der Waals surface area (Å²) < 4.78 is 5.97. The molecule has 0 amide bonds. The molecule has 0 radical (unpaired) electrons. The Hall–Kier alpha value is -2.53. The second-order valence-electron chi connectivity index (χ2n) is 6.35. The first-order chi connectivity index (χ1) is 13.2. The smallest absolute Gasteiger partial charge is 0.188 e. The molecule has 0 saturated carbocycles. The lowest BCUT2D eigenvalue weighted by atomic mass is 10.1. The predicted octanol–water partition coefficient (Wildman–Crippen LogP) is 3.05. The molecule has 0 atom stereocenters. The van der Waals surface area contributed by atoms with Gasteiger partial charge >= 0.3 is 0 Å². The van der Waals surface area contributed by atoms with Crippen molar-refractivity contribution in [1.82, 2.24) is 10.2 Å². The second-order valence-corrected chi connectivity index (χ2v) is 6.35. The highest BCUT2D eigenvalue weighted by atomic mass is 16.5. The molecule has 0 aromatic heterocycles. The third kappa shape index (κ3) is 7.71. The Morgan fingerprint density at radius 3 is 2.48 bits per heavy atom. The summed E-state index contributed by atoms with van der Waals surface area (Å²) in [6.45, 7) is 9.28. The fourth-order valence-electron chi connectivity index (χ4n) is 2.81. The maximum Gasteiger partial charge on any atom is 0.188 e. The second kappa shape index (κ2) is 12.0. The van der Waals surface area contributed by atoms with E-state index in [1.165, 1.54) is 5.56 Å². The van der Waals surface area contributed by atoms with E-state index < -0.39 is 0 Å². The summed E-state index contributed by atoms with van der Waals surface area (Å²) in [7, 11) is 0. The summed E-state index contributed by atoms with van der Waals surface area (Å²) in [5.41, 5.74) is 8.33. The van der Waals surface area contributed by atoms with Gasteiger partial charge in [0.25, 0.3) is 0 Å². The summed E-state index contributed by atoms with van der Waals surface area (Å²) in [4.78, 5) is 6.80. The average Bonchev–Trinajstić information content (AvgIpc) is 2.71. The zero-order valence-corrected chi connectivity index (χ0v) is 16.5. The van der Waals surface area contributed by atoms with Crippen molar-refractivity contribution in [2.75, 3.05) is 32.8 Å². The van der Waals surface area contributed by atoms with Gasteiger partial charge in [0.15, 0.2) is 5.96 Å². The van der Waals surface area contributed by atoms with E-state index in [0.717, 1.165) is 43.9 Å². The van der Waals surface area contributed by atoms with E-state index in [1.807, 2.05) is 42.5 Å². The molecule has 5 nitrogen and oxygen atoms in total. The Balaban J connectivity index is 1.80. The molecule has 0 aliphatic rings. The Labute approximate surface area is 163 Å². The first kappa shape index (κ1) is 20.8. The number of ether oxygens (including phenoxy) is 1. The fourth-order valence-corrected chi connectivity index (χ4v) is 2.81. The van der Waals surface area contributed by atoms with Gasteiger partial charge < -0.3 is 20.7 Å². The lowest BCUT2D eigenvalue weighted by Gasteiger charge is -2.18. The van der Waals surface area contributed by atoms with Gasteiger partial charge in [-0.3, -0.25) is 0 Å². The van der Waals surface area contributed by atoms with E-state index in [2.05, 4.69) is 41.2 Å². The van der Waals surface area contributed by atoms with Crippen LogP contribution < -0.4 is 15.8 Å². The molecule has 3 N–H and O–H groups in total. The number of hydrogen-bond donors (Lipinski definition) is 2. The third-order valence-electron chi connectivity index (χ3n) is 4.51. The number of rotatable bonds is 11. The Morgan fingerprint density at radius 2 is 1.74 bits per heavy atom. The Kier molecular flexibility index (Phi) is 9.21. The molecule has 0 fully saturated rings. The number of guanidine groups is 1. The lowest BCUT2D eigenvalue weighted by Crippen LogP contribution is -2.33. The van der Waals surface area contributed by atoms with E-state index >= 15 is 0 Å². The van der Waals surface area contributed by atoms with Gasteiger partial charge in [0, 0.05) is 18.7 Å². The lowest BCUT2D eigenvalue weighted by molar-refractivity contribution is 0.221. The van der Waals surface area contributed by atoms with Gasteiger partial charge in [0.05, 0.1) is 6.54 Å². The summed E-state index contributed by atoms with van der Waals surface area (Å²) >= 11 is 0. The molecular weight excluding hydrogens is 336 g/mol. The largest absolute Gasteiger partial charge is 0.492 e. The molecule has 0 aliphatic heterocycles. The first-order valence-corrected chi connectivity index (χ1v) is 9.73. The van der Waals surface area contributed by atoms with Crippen molar-refractivity contribution in [3.05, 3.63) is 65.7 Å². The van der Waals surface area contributed by atoms with Crippen molar-refractivity contribution in [2.24, 2.45) is 10.7 Å². The zero-order valence-electron chi connectivity index (χ0n) is 16.5. The molecular formula is C22H32N4O. The maximum atomic E-state index is 6.00. The molecule has 0 unspecified atom stereocenters. The van der Waals surface area contributed by atoms with Crippen LogP contribution in [0.25, 0.3) is 0 Å². The molecule has 2 aromatic rings. The van der Waals surface area contributed by atoms with Crippen molar-refractivity contribution < 1.29 is 4.74 Å². The molecule has 5 heteroatoms. The van der Waals surface area contributed by atoms with E-state index in [1.54, 1.807) is 0 Å². The van der Waals surface area contributed by atoms with Crippen LogP contribution in [0.1, 0.15) is 25.0 Å². The topological polar surface area (TPSA) is 62.9 Å². The minimum absolute atomic E-state index is 0.462. The minimum atomic E-state index is 0.462. The fraction of sp³-hybridized carbons (Fsp3) is 0.409. The molecule has 0 saturated heterocycles. The van der Waals surface area contributed by atoms with Gasteiger partial charge in [0.1, 0.15) is 12.4 Å². The van der Waals surface area contributed by atoms with E-state index in [0.29, 0.717) is 19.1 Å². The summed E-state index contributed by atoms with van der Waals surface area (Å²) in [5.74, 6) is 1.34. The van der Waals surface area contributed by atoms with Crippen LogP contribution >= 0.6 is 0 Å². The van der Waals surface area contributed by atoms with Gasteiger partial charge in [-0.2, -0.15) is 0 Å². The normalized spacial score (nSPS) is 11.6. The number of aliphatic imine (C=N–C) groups is 1. The molecule has 27 heavy (non-hydrogen) atoms. The van der Waals surface area contributed by atoms with Crippen molar-refractivity contribution in [2.45, 2.75) is 26.8 Å². The highest BCUT2D eigenvalue weighted by molar-refractivity contribution is 5.77. The van der Waals surface area contributed by atoms with E-state index in [9.17, 15) is 0 Å². The standard InChI is InChI=1S/C22H32N4O/c1-3-26(4-2)16-17-27-21-13-9-8-12-20(21)18-25-22(23)24-15-14-19-10-6-5-7-11-19/h5-13H,3-4,14-18H2,1-2H3,(H3,23,24,25). The number of benzene rings is 2. The number of nitrogens with two attached hydrogens (primary N) is 1.